The van der Waals surface area contributed by atoms with Crippen LogP contribution in [0.1, 0.15) is 6.42 Å². The molecule has 2 nitrogen and oxygen atoms in total. The molecular formula is C9H14ClFN2. The Labute approximate surface area is 83.7 Å². The average Bonchev–Trinajstić information content (AvgIpc) is 2.05. The molecule has 0 aromatic heterocycles. The number of anilines is 1. The Hall–Kier alpha value is -0.800. The first kappa shape index (κ1) is 12.2. The number of nitrogens with one attached hydrogen (secondary N) is 1. The van der Waals surface area contributed by atoms with Crippen molar-refractivity contribution < 1.29 is 4.39 Å². The molecule has 0 spiro atoms. The van der Waals surface area contributed by atoms with Crippen molar-refractivity contribution in [2.24, 2.45) is 5.73 Å². The molecule has 0 atom stereocenters. The van der Waals surface area contributed by atoms with Crippen molar-refractivity contribution in [2.45, 2.75) is 6.42 Å². The molecule has 3 N–H and O–H groups in total. The summed E-state index contributed by atoms with van der Waals surface area (Å²) in [7, 11) is 0. The van der Waals surface area contributed by atoms with Crippen LogP contribution in [0.15, 0.2) is 24.3 Å². The van der Waals surface area contributed by atoms with E-state index < -0.39 is 0 Å². The van der Waals surface area contributed by atoms with E-state index in [9.17, 15) is 4.39 Å². The van der Waals surface area contributed by atoms with Gasteiger partial charge in [0.05, 0.1) is 0 Å². The molecule has 1 aromatic carbocycles. The molecule has 0 aliphatic heterocycles. The van der Waals surface area contributed by atoms with Crippen molar-refractivity contribution in [2.75, 3.05) is 18.4 Å². The van der Waals surface area contributed by atoms with E-state index in [-0.39, 0.29) is 18.2 Å². The molecular weight excluding hydrogens is 191 g/mol. The van der Waals surface area contributed by atoms with Crippen LogP contribution in [-0.2, 0) is 0 Å². The zero-order valence-electron chi connectivity index (χ0n) is 7.29. The minimum Gasteiger partial charge on any atom is -0.385 e. The van der Waals surface area contributed by atoms with E-state index in [1.54, 1.807) is 6.07 Å². The van der Waals surface area contributed by atoms with Crippen LogP contribution in [0, 0.1) is 5.82 Å². The topological polar surface area (TPSA) is 38.0 Å². The third-order valence-corrected chi connectivity index (χ3v) is 1.53. The highest BCUT2D eigenvalue weighted by molar-refractivity contribution is 5.85. The van der Waals surface area contributed by atoms with Crippen molar-refractivity contribution in [3.63, 3.8) is 0 Å². The first-order valence-corrected chi connectivity index (χ1v) is 4.02. The van der Waals surface area contributed by atoms with Crippen LogP contribution in [0.5, 0.6) is 0 Å². The molecule has 0 saturated heterocycles. The molecule has 0 fully saturated rings. The number of halogens is 2. The van der Waals surface area contributed by atoms with Crippen LogP contribution in [0.2, 0.25) is 0 Å². The first-order chi connectivity index (χ1) is 5.83. The Morgan fingerprint density at radius 3 is 2.77 bits per heavy atom. The summed E-state index contributed by atoms with van der Waals surface area (Å²) in [5.41, 5.74) is 6.12. The van der Waals surface area contributed by atoms with Gasteiger partial charge in [-0.1, -0.05) is 6.07 Å². The third-order valence-electron chi connectivity index (χ3n) is 1.53. The monoisotopic (exact) mass is 204 g/mol. The molecule has 0 amide bonds. The first-order valence-electron chi connectivity index (χ1n) is 4.02. The van der Waals surface area contributed by atoms with Gasteiger partial charge in [-0.3, -0.25) is 0 Å². The van der Waals surface area contributed by atoms with Gasteiger partial charge < -0.3 is 11.1 Å². The Morgan fingerprint density at radius 1 is 1.38 bits per heavy atom. The number of hydrogen-bond donors (Lipinski definition) is 2. The predicted octanol–water partition coefficient (Wildman–Crippen LogP) is 2.01. The smallest absolute Gasteiger partial charge is 0.125 e. The summed E-state index contributed by atoms with van der Waals surface area (Å²) < 4.78 is 12.6. The molecule has 1 aromatic rings. The second-order valence-corrected chi connectivity index (χ2v) is 2.58. The molecule has 0 bridgehead atoms. The fourth-order valence-electron chi connectivity index (χ4n) is 0.933. The second kappa shape index (κ2) is 6.69. The lowest BCUT2D eigenvalue weighted by Crippen LogP contribution is -2.08. The van der Waals surface area contributed by atoms with Gasteiger partial charge in [0.1, 0.15) is 5.82 Å². The molecule has 74 valence electrons. The quantitative estimate of drug-likeness (QED) is 0.737. The fraction of sp³-hybridized carbons (Fsp3) is 0.333. The summed E-state index contributed by atoms with van der Waals surface area (Å²) in [6.45, 7) is 1.45. The van der Waals surface area contributed by atoms with Gasteiger partial charge >= 0.3 is 0 Å². The molecule has 0 aliphatic rings. The van der Waals surface area contributed by atoms with E-state index in [0.717, 1.165) is 18.7 Å². The van der Waals surface area contributed by atoms with Gasteiger partial charge in [0.2, 0.25) is 0 Å². The molecule has 0 radical (unpaired) electrons. The predicted molar refractivity (Wildman–Crippen MR) is 55.8 cm³/mol. The van der Waals surface area contributed by atoms with E-state index in [0.29, 0.717) is 6.54 Å². The second-order valence-electron chi connectivity index (χ2n) is 2.58. The fourth-order valence-corrected chi connectivity index (χ4v) is 0.933. The molecule has 4 heteroatoms. The maximum atomic E-state index is 12.6. The lowest BCUT2D eigenvalue weighted by Gasteiger charge is -2.04. The highest BCUT2D eigenvalue weighted by atomic mass is 35.5. The largest absolute Gasteiger partial charge is 0.385 e. The lowest BCUT2D eigenvalue weighted by atomic mass is 10.3. The molecule has 13 heavy (non-hydrogen) atoms. The van der Waals surface area contributed by atoms with Crippen molar-refractivity contribution in [3.8, 4) is 0 Å². The normalized spacial score (nSPS) is 9.08. The third kappa shape index (κ3) is 4.70. The van der Waals surface area contributed by atoms with E-state index >= 15 is 0 Å². The van der Waals surface area contributed by atoms with Crippen molar-refractivity contribution >= 4 is 18.1 Å². The van der Waals surface area contributed by atoms with Gasteiger partial charge in [0.15, 0.2) is 0 Å². The Morgan fingerprint density at radius 2 is 2.15 bits per heavy atom. The van der Waals surface area contributed by atoms with Crippen LogP contribution in [0.3, 0.4) is 0 Å². The Bertz CT molecular complexity index is 243. The van der Waals surface area contributed by atoms with Crippen LogP contribution in [0.4, 0.5) is 10.1 Å². The minimum atomic E-state index is -0.215. The van der Waals surface area contributed by atoms with Gasteiger partial charge in [-0.05, 0) is 31.2 Å². The molecule has 0 aliphatic carbocycles. The van der Waals surface area contributed by atoms with E-state index in [1.807, 2.05) is 6.07 Å². The molecule has 1 rings (SSSR count). The van der Waals surface area contributed by atoms with Crippen LogP contribution >= 0.6 is 12.4 Å². The SMILES string of the molecule is Cl.NCCCNc1cccc(F)c1. The van der Waals surface area contributed by atoms with Crippen molar-refractivity contribution in [3.05, 3.63) is 30.1 Å². The van der Waals surface area contributed by atoms with Crippen LogP contribution in [0.25, 0.3) is 0 Å². The lowest BCUT2D eigenvalue weighted by molar-refractivity contribution is 0.628. The summed E-state index contributed by atoms with van der Waals surface area (Å²) in [5.74, 6) is -0.215. The van der Waals surface area contributed by atoms with Gasteiger partial charge in [-0.2, -0.15) is 0 Å². The van der Waals surface area contributed by atoms with Gasteiger partial charge in [0, 0.05) is 12.2 Å². The van der Waals surface area contributed by atoms with Crippen molar-refractivity contribution in [1.82, 2.24) is 0 Å². The number of benzene rings is 1. The highest BCUT2D eigenvalue weighted by Gasteiger charge is 1.92. The molecule has 0 heterocycles. The van der Waals surface area contributed by atoms with Crippen LogP contribution < -0.4 is 11.1 Å². The molecule has 0 saturated carbocycles. The van der Waals surface area contributed by atoms with Crippen LogP contribution in [-0.4, -0.2) is 13.1 Å². The summed E-state index contributed by atoms with van der Waals surface area (Å²) in [6, 6.07) is 6.41. The summed E-state index contributed by atoms with van der Waals surface area (Å²) in [5, 5.41) is 3.07. The van der Waals surface area contributed by atoms with E-state index in [1.165, 1.54) is 12.1 Å². The van der Waals surface area contributed by atoms with Gasteiger partial charge in [-0.25, -0.2) is 4.39 Å². The Kier molecular flexibility index (Phi) is 6.28. The van der Waals surface area contributed by atoms with Gasteiger partial charge in [0.25, 0.3) is 0 Å². The van der Waals surface area contributed by atoms with E-state index in [4.69, 9.17) is 5.73 Å². The summed E-state index contributed by atoms with van der Waals surface area (Å²) in [4.78, 5) is 0. The van der Waals surface area contributed by atoms with Crippen molar-refractivity contribution in [1.29, 1.82) is 0 Å². The Balaban J connectivity index is 0.00000144. The van der Waals surface area contributed by atoms with Gasteiger partial charge in [-0.15, -0.1) is 12.4 Å². The zero-order chi connectivity index (χ0) is 8.81. The number of rotatable bonds is 4. The maximum absolute atomic E-state index is 12.6. The van der Waals surface area contributed by atoms with E-state index in [2.05, 4.69) is 5.32 Å². The number of hydrogen-bond acceptors (Lipinski definition) is 2. The summed E-state index contributed by atoms with van der Waals surface area (Å²) in [6.07, 6.45) is 0.899. The number of nitrogens with two attached hydrogens (primary N) is 1. The zero-order valence-corrected chi connectivity index (χ0v) is 8.11. The standard InChI is InChI=1S/C9H13FN2.ClH/c10-8-3-1-4-9(7-8)12-6-2-5-11;/h1,3-4,7,12H,2,5-6,11H2;1H. The minimum absolute atomic E-state index is 0. The summed E-state index contributed by atoms with van der Waals surface area (Å²) >= 11 is 0. The maximum Gasteiger partial charge on any atom is 0.125 e. The molecule has 0 unspecified atom stereocenters. The average molecular weight is 205 g/mol. The highest BCUT2D eigenvalue weighted by Crippen LogP contribution is 2.08.